The van der Waals surface area contributed by atoms with Crippen molar-refractivity contribution in [2.24, 2.45) is 5.92 Å². The van der Waals surface area contributed by atoms with Crippen LogP contribution in [0.5, 0.6) is 0 Å². The maximum atomic E-state index is 14.0. The van der Waals surface area contributed by atoms with E-state index in [0.29, 0.717) is 16.9 Å². The van der Waals surface area contributed by atoms with E-state index in [1.54, 1.807) is 44.4 Å². The van der Waals surface area contributed by atoms with Crippen LogP contribution >= 0.6 is 12.0 Å². The van der Waals surface area contributed by atoms with E-state index in [9.17, 15) is 28.0 Å². The summed E-state index contributed by atoms with van der Waals surface area (Å²) in [5.41, 5.74) is 0.116. The Hall–Kier alpha value is -4.84. The van der Waals surface area contributed by atoms with Gasteiger partial charge in [0.15, 0.2) is 0 Å². The van der Waals surface area contributed by atoms with Gasteiger partial charge in [0.25, 0.3) is 0 Å². The Kier molecular flexibility index (Phi) is 16.4. The summed E-state index contributed by atoms with van der Waals surface area (Å²) >= 11 is 1.43. The molecule has 1 unspecified atom stereocenters. The van der Waals surface area contributed by atoms with Crippen LogP contribution in [0.3, 0.4) is 0 Å². The van der Waals surface area contributed by atoms with Crippen LogP contribution in [0.1, 0.15) is 70.7 Å². The van der Waals surface area contributed by atoms with Crippen molar-refractivity contribution in [3.63, 3.8) is 0 Å². The number of nitriles is 1. The normalized spacial score (nSPS) is 15.0. The molecule has 296 valence electrons. The number of hydrogen-bond acceptors (Lipinski definition) is 6. The fourth-order valence-corrected chi connectivity index (χ4v) is 6.73. The second-order valence-electron chi connectivity index (χ2n) is 13.4. The molecule has 0 saturated carbocycles. The number of quaternary nitrogens is 1. The summed E-state index contributed by atoms with van der Waals surface area (Å²) in [6.45, 7) is 13.5. The Bertz CT molecular complexity index is 2030. The maximum Gasteiger partial charge on any atom is 0.416 e. The maximum absolute atomic E-state index is 14.0. The lowest BCUT2D eigenvalue weighted by Gasteiger charge is -2.39. The Labute approximate surface area is 326 Å². The lowest BCUT2D eigenvalue weighted by atomic mass is 9.89. The minimum absolute atomic E-state index is 0.0186. The molecule has 4 aromatic rings. The van der Waals surface area contributed by atoms with Gasteiger partial charge in [0.1, 0.15) is 5.69 Å². The van der Waals surface area contributed by atoms with Gasteiger partial charge in [0, 0.05) is 35.8 Å². The average Bonchev–Trinajstić information content (AvgIpc) is 3.75. The van der Waals surface area contributed by atoms with Gasteiger partial charge in [-0.3, -0.25) is 4.57 Å². The van der Waals surface area contributed by atoms with E-state index in [1.165, 1.54) is 40.0 Å². The topological polar surface area (TPSA) is 107 Å². The smallest absolute Gasteiger partial charge is 0.335 e. The third-order valence-electron chi connectivity index (χ3n) is 9.33. The predicted molar refractivity (Wildman–Crippen MR) is 214 cm³/mol. The molecule has 3 heterocycles. The highest BCUT2D eigenvalue weighted by molar-refractivity contribution is 7.98. The molecule has 0 spiro atoms. The van der Waals surface area contributed by atoms with E-state index in [1.807, 2.05) is 39.8 Å². The van der Waals surface area contributed by atoms with Crippen molar-refractivity contribution in [3.05, 3.63) is 111 Å². The van der Waals surface area contributed by atoms with Crippen molar-refractivity contribution in [1.82, 2.24) is 24.2 Å². The highest BCUT2D eigenvalue weighted by Crippen LogP contribution is 2.32. The van der Waals surface area contributed by atoms with Gasteiger partial charge in [-0.1, -0.05) is 45.1 Å². The molecule has 0 aliphatic carbocycles. The molecule has 2 aromatic carbocycles. The van der Waals surface area contributed by atoms with E-state index < -0.39 is 23.5 Å². The van der Waals surface area contributed by atoms with Crippen molar-refractivity contribution < 1.29 is 26.6 Å². The summed E-state index contributed by atoms with van der Waals surface area (Å²) < 4.78 is 50.2. The predicted octanol–water partition coefficient (Wildman–Crippen LogP) is 9.30. The Morgan fingerprint density at radius 2 is 1.78 bits per heavy atom. The zero-order chi connectivity index (χ0) is 40.9. The van der Waals surface area contributed by atoms with E-state index in [-0.39, 0.29) is 29.0 Å². The highest BCUT2D eigenvalue weighted by Gasteiger charge is 2.34. The first-order chi connectivity index (χ1) is 26.1. The summed E-state index contributed by atoms with van der Waals surface area (Å²) in [4.78, 5) is 29.2. The molecule has 5 rings (SSSR count). The second kappa shape index (κ2) is 20.2. The molecule has 1 saturated heterocycles. The lowest BCUT2D eigenvalue weighted by molar-refractivity contribution is -0.896. The van der Waals surface area contributed by atoms with Crippen LogP contribution in [0.4, 0.5) is 18.0 Å². The van der Waals surface area contributed by atoms with Gasteiger partial charge in [0.05, 0.1) is 80.5 Å². The molecule has 1 aliphatic heterocycles. The number of carbonyl (C=O) groups excluding carboxylic acids is 1. The van der Waals surface area contributed by atoms with Crippen LogP contribution in [0.25, 0.3) is 22.8 Å². The first-order valence-corrected chi connectivity index (χ1v) is 19.1. The summed E-state index contributed by atoms with van der Waals surface area (Å²) in [5.74, 6) is 0.213. The number of hydrogen-bond donors (Lipinski definition) is 1. The molecule has 14 heteroatoms. The third kappa shape index (κ3) is 11.3. The number of likely N-dealkylation sites (tertiary alicyclic amines) is 1. The van der Waals surface area contributed by atoms with Gasteiger partial charge in [-0.25, -0.2) is 18.8 Å². The van der Waals surface area contributed by atoms with Crippen molar-refractivity contribution in [1.29, 1.82) is 5.26 Å². The number of nitrogens with zero attached hydrogens (tertiary/aromatic N) is 6. The van der Waals surface area contributed by atoms with Gasteiger partial charge < -0.3 is 14.0 Å². The SMILES string of the molecule is C/C=C\C=C(/CC)SOC.CC.Cc1c(-c2ccnn2-c2ccc(C#N)cc2)n(C(=O)NC(C)C2CC[N+](C)(C)CC2)c(=O)n1-c1cccc(C(F)(F)F)c1. The molecule has 55 heavy (non-hydrogen) atoms. The van der Waals surface area contributed by atoms with Gasteiger partial charge >= 0.3 is 17.9 Å². The van der Waals surface area contributed by atoms with Gasteiger partial charge in [0.2, 0.25) is 0 Å². The highest BCUT2D eigenvalue weighted by atomic mass is 32.2. The first-order valence-electron chi connectivity index (χ1n) is 18.4. The number of benzene rings is 2. The largest absolute Gasteiger partial charge is 0.416 e. The molecular weight excluding hydrogens is 728 g/mol. The second-order valence-corrected chi connectivity index (χ2v) is 14.5. The molecule has 1 aliphatic rings. The van der Waals surface area contributed by atoms with Crippen LogP contribution in [-0.2, 0) is 10.4 Å². The summed E-state index contributed by atoms with van der Waals surface area (Å²) in [6, 6.07) is 13.8. The van der Waals surface area contributed by atoms with Crippen LogP contribution < -0.4 is 11.0 Å². The Morgan fingerprint density at radius 3 is 2.35 bits per heavy atom. The van der Waals surface area contributed by atoms with Crippen LogP contribution in [0.15, 0.2) is 88.7 Å². The van der Waals surface area contributed by atoms with Gasteiger partial charge in [-0.2, -0.15) is 23.5 Å². The summed E-state index contributed by atoms with van der Waals surface area (Å²) in [7, 11) is 6.02. The number of amides is 1. The number of halogens is 3. The van der Waals surface area contributed by atoms with E-state index >= 15 is 0 Å². The monoisotopic (exact) mass is 780 g/mol. The molecule has 1 fully saturated rings. The molecule has 1 N–H and O–H groups in total. The number of carbonyl (C=O) groups is 1. The molecule has 2 aromatic heterocycles. The lowest BCUT2D eigenvalue weighted by Crippen LogP contribution is -2.51. The number of alkyl halides is 3. The molecular formula is C41H53F3N7O3S+. The number of allylic oxidation sites excluding steroid dienone is 4. The average molecular weight is 781 g/mol. The zero-order valence-corrected chi connectivity index (χ0v) is 34.0. The number of rotatable bonds is 9. The van der Waals surface area contributed by atoms with Crippen LogP contribution in [0.2, 0.25) is 0 Å². The number of nitrogens with one attached hydrogen (secondary N) is 1. The fourth-order valence-electron chi connectivity index (χ4n) is 6.27. The standard InChI is InChI=1S/C31H32F3N7O2.C8H14OS.C2H6/c1-20(23-13-16-41(3,4)17-14-23)37-29(42)39-28(27-12-15-36-40(27)25-10-8-22(19-35)9-11-25)21(2)38(30(39)43)26-7-5-6-24(18-26)31(32,33)34;1-4-6-7-8(5-2)10-9-3;1-2/h5-12,15,18,20,23H,13-14,16-17H2,1-4H3;4,6-7H,5H2,1-3H3;1-2H3/p+1/b;6-4-,8-7+;. The zero-order valence-electron chi connectivity index (χ0n) is 33.1. The minimum Gasteiger partial charge on any atom is -0.335 e. The number of piperidine rings is 1. The van der Waals surface area contributed by atoms with Crippen molar-refractivity contribution in [3.8, 4) is 28.8 Å². The molecule has 1 amide bonds. The summed E-state index contributed by atoms with van der Waals surface area (Å²) in [6.07, 6.45) is 5.82. The minimum atomic E-state index is -4.62. The van der Waals surface area contributed by atoms with E-state index in [2.05, 4.69) is 43.6 Å². The van der Waals surface area contributed by atoms with E-state index in [4.69, 9.17) is 4.18 Å². The quantitative estimate of drug-likeness (QED) is 0.103. The van der Waals surface area contributed by atoms with Crippen LogP contribution in [0, 0.1) is 24.2 Å². The number of imidazole rings is 1. The Morgan fingerprint density at radius 1 is 1.13 bits per heavy atom. The Balaban J connectivity index is 0.000000589. The summed E-state index contributed by atoms with van der Waals surface area (Å²) in [5, 5.41) is 16.6. The van der Waals surface area contributed by atoms with Crippen LogP contribution in [-0.4, -0.2) is 69.8 Å². The molecule has 0 radical (unpaired) electrons. The van der Waals surface area contributed by atoms with Crippen molar-refractivity contribution in [2.75, 3.05) is 34.3 Å². The number of aromatic nitrogens is 4. The van der Waals surface area contributed by atoms with E-state index in [0.717, 1.165) is 58.1 Å². The molecule has 10 nitrogen and oxygen atoms in total. The van der Waals surface area contributed by atoms with Crippen molar-refractivity contribution >= 4 is 18.1 Å². The van der Waals surface area contributed by atoms with Gasteiger partial charge in [-0.15, -0.1) is 0 Å². The first kappa shape index (κ1) is 44.6. The fraction of sp³-hybridized carbons (Fsp3) is 0.415. The molecule has 0 bridgehead atoms. The van der Waals surface area contributed by atoms with Crippen molar-refractivity contribution in [2.45, 2.75) is 73.0 Å². The third-order valence-corrected chi connectivity index (χ3v) is 10.1. The molecule has 1 atom stereocenters. The van der Waals surface area contributed by atoms with Gasteiger partial charge in [-0.05, 0) is 81.6 Å².